The van der Waals surface area contributed by atoms with Gasteiger partial charge in [0.05, 0.1) is 20.6 Å². The maximum Gasteiger partial charge on any atom is 0.0645 e. The van der Waals surface area contributed by atoms with Crippen molar-refractivity contribution in [1.29, 1.82) is 0 Å². The van der Waals surface area contributed by atoms with Gasteiger partial charge in [-0.25, -0.2) is 0 Å². The van der Waals surface area contributed by atoms with Crippen LogP contribution in [0.2, 0.25) is 0 Å². The van der Waals surface area contributed by atoms with Crippen molar-refractivity contribution in [3.05, 3.63) is 188 Å². The highest BCUT2D eigenvalue weighted by atomic mass is 32.1. The maximum atomic E-state index is 9.70. The largest absolute Gasteiger partial charge is 0.310 e. The maximum absolute atomic E-state index is 9.70. The molecule has 0 N–H and O–H groups in total. The zero-order valence-electron chi connectivity index (χ0n) is 40.1. The van der Waals surface area contributed by atoms with Crippen LogP contribution in [0.15, 0.2) is 188 Å². The number of hydrogen-bond acceptors (Lipinski definition) is 2. The molecule has 1 heterocycles. The van der Waals surface area contributed by atoms with Gasteiger partial charge < -0.3 is 4.90 Å². The molecule has 9 aromatic rings. The summed E-state index contributed by atoms with van der Waals surface area (Å²) < 4.78 is 137. The normalized spacial score (nSPS) is 15.7. The molecule has 0 aliphatic heterocycles. The van der Waals surface area contributed by atoms with Crippen LogP contribution in [0.1, 0.15) is 20.6 Å². The van der Waals surface area contributed by atoms with Gasteiger partial charge in [-0.3, -0.25) is 0 Å². The number of benzene rings is 8. The fraction of sp³-hybridized carbons (Fsp3) is 0. The predicted molar refractivity (Wildman–Crippen MR) is 208 cm³/mol. The Morgan fingerprint density at radius 1 is 0.417 bits per heavy atom. The summed E-state index contributed by atoms with van der Waals surface area (Å²) in [5.41, 5.74) is 0.240. The minimum Gasteiger partial charge on any atom is -0.310 e. The van der Waals surface area contributed by atoms with Crippen molar-refractivity contribution < 1.29 is 20.6 Å². The first-order valence-electron chi connectivity index (χ1n) is 22.6. The molecule has 8 aromatic carbocycles. The summed E-state index contributed by atoms with van der Waals surface area (Å²) in [6, 6.07) is 19.4. The van der Waals surface area contributed by atoms with Crippen LogP contribution < -0.4 is 4.90 Å². The van der Waals surface area contributed by atoms with Crippen molar-refractivity contribution >= 4 is 59.3 Å². The Hall–Kier alpha value is -5.96. The van der Waals surface area contributed by atoms with Crippen LogP contribution in [0.3, 0.4) is 0 Å². The van der Waals surface area contributed by atoms with E-state index in [1.165, 1.54) is 0 Å². The highest BCUT2D eigenvalue weighted by Gasteiger charge is 2.17. The smallest absolute Gasteiger partial charge is 0.0645 e. The second-order valence-corrected chi connectivity index (χ2v) is 12.1. The van der Waals surface area contributed by atoms with Crippen LogP contribution in [-0.2, 0) is 0 Å². The third kappa shape index (κ3) is 5.04. The quantitative estimate of drug-likeness (QED) is 0.174. The van der Waals surface area contributed by atoms with Gasteiger partial charge in [0.1, 0.15) is 0 Å². The molecule has 0 amide bonds. The average molecular weight is 645 g/mol. The van der Waals surface area contributed by atoms with Gasteiger partial charge in [-0.15, -0.1) is 11.3 Å². The molecule has 0 aliphatic rings. The van der Waals surface area contributed by atoms with E-state index in [-0.39, 0.29) is 5.69 Å². The van der Waals surface area contributed by atoms with Gasteiger partial charge in [0.25, 0.3) is 0 Å². The first-order chi connectivity index (χ1) is 30.0. The Balaban J connectivity index is 1.40. The molecule has 0 saturated carbocycles. The number of nitrogens with zero attached hydrogens (tertiary/aromatic N) is 1. The molecule has 0 radical (unpaired) electrons. The van der Waals surface area contributed by atoms with Crippen LogP contribution in [0.25, 0.3) is 64.3 Å². The van der Waals surface area contributed by atoms with Gasteiger partial charge in [0, 0.05) is 37.2 Å². The summed E-state index contributed by atoms with van der Waals surface area (Å²) in [7, 11) is 0. The van der Waals surface area contributed by atoms with E-state index < -0.39 is 124 Å². The Morgan fingerprint density at radius 2 is 1.15 bits per heavy atom. The summed E-state index contributed by atoms with van der Waals surface area (Å²) in [5, 5.41) is 0.919. The van der Waals surface area contributed by atoms with E-state index in [0.717, 1.165) is 31.3 Å². The number of rotatable bonds is 6. The van der Waals surface area contributed by atoms with Crippen molar-refractivity contribution in [1.82, 2.24) is 0 Å². The number of anilines is 3. The summed E-state index contributed by atoms with van der Waals surface area (Å²) in [4.78, 5) is 1.62. The average Bonchev–Trinajstić information content (AvgIpc) is 3.67. The predicted octanol–water partition coefficient (Wildman–Crippen LogP) is 13.7. The van der Waals surface area contributed by atoms with Crippen LogP contribution in [0.5, 0.6) is 0 Å². The molecule has 0 atom stereocenters. The lowest BCUT2D eigenvalue weighted by molar-refractivity contribution is 1.29. The van der Waals surface area contributed by atoms with Crippen LogP contribution in [-0.4, -0.2) is 0 Å². The standard InChI is InChI=1S/C46H31NS/c1-3-12-32(13-4-1)36-17-11-18-38(30-36)47(39-27-29-45-43(31-39)42-20-9-10-21-44(42)48-45)37-25-22-34(23-26-37)41-28-24-33-14-7-8-19-40(33)46(41)35-15-5-2-6-16-35/h1-31H/i2D,5D,6D,7D,8D,14D,15D,16D,19D,22D,23D,24D,25D,26D,28D. The molecule has 0 bridgehead atoms. The van der Waals surface area contributed by atoms with E-state index in [9.17, 15) is 6.85 Å². The molecular weight excluding hydrogens is 599 g/mol. The molecule has 1 aromatic heterocycles. The van der Waals surface area contributed by atoms with Crippen molar-refractivity contribution in [2.24, 2.45) is 0 Å². The molecule has 0 aliphatic carbocycles. The van der Waals surface area contributed by atoms with Gasteiger partial charge in [0.2, 0.25) is 0 Å². The van der Waals surface area contributed by atoms with Gasteiger partial charge in [0.15, 0.2) is 0 Å². The fourth-order valence-corrected chi connectivity index (χ4v) is 7.06. The Morgan fingerprint density at radius 3 is 2.02 bits per heavy atom. The molecule has 48 heavy (non-hydrogen) atoms. The SMILES string of the molecule is [2H]c1c([2H])c([2H])c(-c2c(-c3c([2H])c([2H])c(N(c4cccc(-c5ccccc5)c4)c4ccc5sc6ccccc6c5c4)c([2H])c3[2H])c([2H])c([2H])c3c([2H])c([2H])c([2H])c([2H])c23)c([2H])c1[2H]. The zero-order valence-corrected chi connectivity index (χ0v) is 25.9. The minimum absolute atomic E-state index is 0.178. The molecule has 2 heteroatoms. The van der Waals surface area contributed by atoms with Crippen molar-refractivity contribution in [2.45, 2.75) is 0 Å². The monoisotopic (exact) mass is 644 g/mol. The van der Waals surface area contributed by atoms with E-state index in [4.69, 9.17) is 13.7 Å². The number of fused-ring (bicyclic) bond motifs is 4. The van der Waals surface area contributed by atoms with Gasteiger partial charge >= 0.3 is 0 Å². The second kappa shape index (κ2) is 12.0. The van der Waals surface area contributed by atoms with Crippen LogP contribution >= 0.6 is 11.3 Å². The molecule has 226 valence electrons. The number of hydrogen-bond donors (Lipinski definition) is 0. The van der Waals surface area contributed by atoms with E-state index >= 15 is 0 Å². The fourth-order valence-electron chi connectivity index (χ4n) is 5.98. The first kappa shape index (κ1) is 16.7. The van der Waals surface area contributed by atoms with E-state index in [2.05, 4.69) is 0 Å². The second-order valence-electron chi connectivity index (χ2n) is 11.0. The first-order valence-corrected chi connectivity index (χ1v) is 15.9. The van der Waals surface area contributed by atoms with Crippen molar-refractivity contribution in [3.8, 4) is 33.4 Å². The van der Waals surface area contributed by atoms with Crippen molar-refractivity contribution in [2.75, 3.05) is 4.90 Å². The summed E-state index contributed by atoms with van der Waals surface area (Å²) in [6.45, 7) is 0. The molecule has 0 unspecified atom stereocenters. The summed E-state index contributed by atoms with van der Waals surface area (Å²) in [6.07, 6.45) is 0. The molecular formula is C46H31NS. The highest BCUT2D eigenvalue weighted by molar-refractivity contribution is 7.25. The Kier molecular flexibility index (Phi) is 4.19. The van der Waals surface area contributed by atoms with Gasteiger partial charge in [-0.05, 0) is 92.6 Å². The number of thiophene rings is 1. The van der Waals surface area contributed by atoms with Gasteiger partial charge in [-0.2, -0.15) is 0 Å². The molecule has 1 nitrogen and oxygen atoms in total. The lowest BCUT2D eigenvalue weighted by Gasteiger charge is -2.26. The van der Waals surface area contributed by atoms with E-state index in [0.29, 0.717) is 11.4 Å². The molecule has 9 rings (SSSR count). The third-order valence-corrected chi connectivity index (χ3v) is 9.32. The summed E-state index contributed by atoms with van der Waals surface area (Å²) in [5.74, 6) is 0. The van der Waals surface area contributed by atoms with Crippen LogP contribution in [0, 0.1) is 0 Å². The molecule has 0 spiro atoms. The Bertz CT molecular complexity index is 3360. The zero-order chi connectivity index (χ0) is 44.9. The van der Waals surface area contributed by atoms with Crippen molar-refractivity contribution in [3.63, 3.8) is 0 Å². The highest BCUT2D eigenvalue weighted by Crippen LogP contribution is 2.43. The lowest BCUT2D eigenvalue weighted by atomic mass is 9.90. The lowest BCUT2D eigenvalue weighted by Crippen LogP contribution is -2.10. The van der Waals surface area contributed by atoms with E-state index in [1.807, 2.05) is 91.0 Å². The Labute approximate surface area is 305 Å². The minimum atomic E-state index is -0.805. The molecule has 0 saturated heterocycles. The molecule has 0 fully saturated rings. The van der Waals surface area contributed by atoms with Crippen LogP contribution in [0.4, 0.5) is 17.1 Å². The topological polar surface area (TPSA) is 3.24 Å². The van der Waals surface area contributed by atoms with Gasteiger partial charge in [-0.1, -0.05) is 139 Å². The third-order valence-electron chi connectivity index (χ3n) is 8.17. The summed E-state index contributed by atoms with van der Waals surface area (Å²) >= 11 is 1.60. The van der Waals surface area contributed by atoms with E-state index in [1.54, 1.807) is 22.3 Å².